The number of aromatic nitrogens is 1. The second kappa shape index (κ2) is 6.12. The number of benzene rings is 1. The van der Waals surface area contributed by atoms with E-state index in [2.05, 4.69) is 26.2 Å². The first-order valence-corrected chi connectivity index (χ1v) is 7.36. The first-order chi connectivity index (χ1) is 8.99. The van der Waals surface area contributed by atoms with Crippen LogP contribution in [0.25, 0.3) is 0 Å². The Morgan fingerprint density at radius 2 is 2.00 bits per heavy atom. The normalized spacial score (nSPS) is 12.3. The maximum atomic E-state index is 6.21. The Bertz CT molecular complexity index is 602. The van der Waals surface area contributed by atoms with Gasteiger partial charge >= 0.3 is 0 Å². The third-order valence-corrected chi connectivity index (χ3v) is 4.43. The van der Waals surface area contributed by atoms with Gasteiger partial charge in [0.2, 0.25) is 0 Å². The molecular weight excluding hydrogens is 347 g/mol. The first kappa shape index (κ1) is 14.6. The summed E-state index contributed by atoms with van der Waals surface area (Å²) < 4.78 is 0.965. The van der Waals surface area contributed by atoms with Gasteiger partial charge in [0.1, 0.15) is 5.82 Å². The molecule has 2 rings (SSSR count). The summed E-state index contributed by atoms with van der Waals surface area (Å²) in [5.41, 5.74) is 2.12. The van der Waals surface area contributed by atoms with Crippen molar-refractivity contribution in [2.75, 3.05) is 5.32 Å². The predicted octanol–water partition coefficient (Wildman–Crippen LogP) is 5.63. The fourth-order valence-electron chi connectivity index (χ4n) is 1.78. The molecule has 1 heterocycles. The molecule has 1 atom stereocenters. The van der Waals surface area contributed by atoms with Crippen molar-refractivity contribution >= 4 is 44.9 Å². The van der Waals surface area contributed by atoms with Crippen LogP contribution in [-0.4, -0.2) is 4.98 Å². The largest absolute Gasteiger partial charge is 0.363 e. The molecule has 0 amide bonds. The molecule has 0 fully saturated rings. The Balaban J connectivity index is 2.25. The zero-order valence-corrected chi connectivity index (χ0v) is 13.6. The number of rotatable bonds is 3. The highest BCUT2D eigenvalue weighted by Gasteiger charge is 2.12. The lowest BCUT2D eigenvalue weighted by Crippen LogP contribution is -2.09. The Morgan fingerprint density at radius 1 is 1.26 bits per heavy atom. The monoisotopic (exact) mass is 358 g/mol. The van der Waals surface area contributed by atoms with Gasteiger partial charge in [-0.05, 0) is 59.1 Å². The van der Waals surface area contributed by atoms with E-state index in [1.54, 1.807) is 12.3 Å². The Labute approximate surface area is 131 Å². The second-order valence-electron chi connectivity index (χ2n) is 4.32. The lowest BCUT2D eigenvalue weighted by Gasteiger charge is -2.18. The van der Waals surface area contributed by atoms with Gasteiger partial charge in [-0.3, -0.25) is 0 Å². The molecule has 0 bridgehead atoms. The summed E-state index contributed by atoms with van der Waals surface area (Å²) in [6, 6.07) is 7.49. The van der Waals surface area contributed by atoms with Crippen LogP contribution in [0.15, 0.2) is 34.9 Å². The van der Waals surface area contributed by atoms with Gasteiger partial charge < -0.3 is 5.32 Å². The molecule has 2 aromatic rings. The Hall–Kier alpha value is -0.770. The third-order valence-electron chi connectivity index (χ3n) is 2.86. The predicted molar refractivity (Wildman–Crippen MR) is 85.2 cm³/mol. The van der Waals surface area contributed by atoms with Crippen LogP contribution in [0.1, 0.15) is 24.1 Å². The molecule has 0 saturated heterocycles. The minimum Gasteiger partial charge on any atom is -0.363 e. The van der Waals surface area contributed by atoms with E-state index in [9.17, 15) is 0 Å². The molecule has 1 unspecified atom stereocenters. The van der Waals surface area contributed by atoms with E-state index in [-0.39, 0.29) is 6.04 Å². The minimum atomic E-state index is 0.0374. The highest BCUT2D eigenvalue weighted by Crippen LogP contribution is 2.31. The second-order valence-corrected chi connectivity index (χ2v) is 5.96. The van der Waals surface area contributed by atoms with Crippen LogP contribution in [0, 0.1) is 6.92 Å². The van der Waals surface area contributed by atoms with Gasteiger partial charge in [-0.15, -0.1) is 0 Å². The van der Waals surface area contributed by atoms with Gasteiger partial charge in [-0.2, -0.15) is 0 Å². The number of hydrogen-bond donors (Lipinski definition) is 1. The van der Waals surface area contributed by atoms with Gasteiger partial charge in [0.25, 0.3) is 0 Å². The number of aryl methyl sites for hydroxylation is 1. The summed E-state index contributed by atoms with van der Waals surface area (Å²) in [4.78, 5) is 4.32. The van der Waals surface area contributed by atoms with E-state index in [1.807, 2.05) is 32.0 Å². The first-order valence-electron chi connectivity index (χ1n) is 5.81. The number of nitrogens with one attached hydrogen (secondary N) is 1. The average molecular weight is 360 g/mol. The number of nitrogens with zero attached hydrogens (tertiary/aromatic N) is 1. The maximum Gasteiger partial charge on any atom is 0.141 e. The average Bonchev–Trinajstić information content (AvgIpc) is 2.34. The molecule has 5 heteroatoms. The number of halogens is 3. The zero-order valence-electron chi connectivity index (χ0n) is 10.5. The number of hydrogen-bond acceptors (Lipinski definition) is 2. The molecule has 100 valence electrons. The van der Waals surface area contributed by atoms with Crippen LogP contribution in [0.2, 0.25) is 10.0 Å². The molecule has 0 aliphatic rings. The molecule has 0 radical (unpaired) electrons. The SMILES string of the molecule is Cc1ccnc(NC(C)c2ccc(Cl)cc2Cl)c1Br. The summed E-state index contributed by atoms with van der Waals surface area (Å²) in [5, 5.41) is 4.63. The van der Waals surface area contributed by atoms with Crippen molar-refractivity contribution < 1.29 is 0 Å². The van der Waals surface area contributed by atoms with E-state index < -0.39 is 0 Å². The molecule has 1 aromatic heterocycles. The van der Waals surface area contributed by atoms with E-state index in [0.717, 1.165) is 21.4 Å². The van der Waals surface area contributed by atoms with Crippen LogP contribution >= 0.6 is 39.1 Å². The van der Waals surface area contributed by atoms with Crippen molar-refractivity contribution in [2.24, 2.45) is 0 Å². The minimum absolute atomic E-state index is 0.0374. The van der Waals surface area contributed by atoms with Gasteiger partial charge in [0.15, 0.2) is 0 Å². The fourth-order valence-corrected chi connectivity index (χ4v) is 2.70. The Kier molecular flexibility index (Phi) is 4.71. The highest BCUT2D eigenvalue weighted by molar-refractivity contribution is 9.10. The van der Waals surface area contributed by atoms with Crippen LogP contribution in [0.5, 0.6) is 0 Å². The molecule has 0 aliphatic carbocycles. The molecule has 0 aliphatic heterocycles. The van der Waals surface area contributed by atoms with Crippen LogP contribution in [0.4, 0.5) is 5.82 Å². The fraction of sp³-hybridized carbons (Fsp3) is 0.214. The van der Waals surface area contributed by atoms with Crippen molar-refractivity contribution in [1.82, 2.24) is 4.98 Å². The van der Waals surface area contributed by atoms with Crippen LogP contribution in [0.3, 0.4) is 0 Å². The van der Waals surface area contributed by atoms with Crippen molar-refractivity contribution in [3.05, 3.63) is 56.1 Å². The van der Waals surface area contributed by atoms with Gasteiger partial charge in [0.05, 0.1) is 10.5 Å². The van der Waals surface area contributed by atoms with Crippen molar-refractivity contribution in [1.29, 1.82) is 0 Å². The molecule has 0 spiro atoms. The molecular formula is C14H13BrCl2N2. The molecule has 1 aromatic carbocycles. The summed E-state index contributed by atoms with van der Waals surface area (Å²) in [7, 11) is 0. The summed E-state index contributed by atoms with van der Waals surface area (Å²) in [6.45, 7) is 4.06. The van der Waals surface area contributed by atoms with E-state index in [0.29, 0.717) is 10.0 Å². The van der Waals surface area contributed by atoms with E-state index >= 15 is 0 Å². The maximum absolute atomic E-state index is 6.21. The number of pyridine rings is 1. The molecule has 2 nitrogen and oxygen atoms in total. The van der Waals surface area contributed by atoms with Crippen molar-refractivity contribution in [3.8, 4) is 0 Å². The third kappa shape index (κ3) is 3.41. The zero-order chi connectivity index (χ0) is 14.0. The van der Waals surface area contributed by atoms with E-state index in [4.69, 9.17) is 23.2 Å². The van der Waals surface area contributed by atoms with Crippen LogP contribution in [-0.2, 0) is 0 Å². The summed E-state index contributed by atoms with van der Waals surface area (Å²) >= 11 is 15.6. The highest BCUT2D eigenvalue weighted by atomic mass is 79.9. The smallest absolute Gasteiger partial charge is 0.141 e. The molecule has 19 heavy (non-hydrogen) atoms. The van der Waals surface area contributed by atoms with Gasteiger partial charge in [-0.25, -0.2) is 4.98 Å². The lowest BCUT2D eigenvalue weighted by molar-refractivity contribution is 0.872. The standard InChI is InChI=1S/C14H13BrCl2N2/c1-8-5-6-18-14(13(8)15)19-9(2)11-4-3-10(16)7-12(11)17/h3-7,9H,1-2H3,(H,18,19). The Morgan fingerprint density at radius 3 is 2.68 bits per heavy atom. The number of anilines is 1. The molecule has 1 N–H and O–H groups in total. The van der Waals surface area contributed by atoms with Crippen molar-refractivity contribution in [2.45, 2.75) is 19.9 Å². The quantitative estimate of drug-likeness (QED) is 0.767. The summed E-state index contributed by atoms with van der Waals surface area (Å²) in [6.07, 6.45) is 1.78. The van der Waals surface area contributed by atoms with Crippen molar-refractivity contribution in [3.63, 3.8) is 0 Å². The lowest BCUT2D eigenvalue weighted by atomic mass is 10.1. The molecule has 0 saturated carbocycles. The van der Waals surface area contributed by atoms with Gasteiger partial charge in [-0.1, -0.05) is 29.3 Å². The van der Waals surface area contributed by atoms with E-state index in [1.165, 1.54) is 0 Å². The summed E-state index contributed by atoms with van der Waals surface area (Å²) in [5.74, 6) is 0.804. The van der Waals surface area contributed by atoms with Crippen LogP contribution < -0.4 is 5.32 Å². The van der Waals surface area contributed by atoms with Gasteiger partial charge in [0, 0.05) is 16.2 Å². The topological polar surface area (TPSA) is 24.9 Å².